The zero-order valence-electron chi connectivity index (χ0n) is 15.0. The Labute approximate surface area is 142 Å². The second-order valence-corrected chi connectivity index (χ2v) is 5.78. The molecule has 21 heavy (non-hydrogen) atoms. The zero-order chi connectivity index (χ0) is 16.0. The second kappa shape index (κ2) is 17.8. The summed E-state index contributed by atoms with van der Waals surface area (Å²) in [6, 6.07) is 1.67. The van der Waals surface area contributed by atoms with Crippen molar-refractivity contribution in [2.45, 2.75) is 79.6 Å². The summed E-state index contributed by atoms with van der Waals surface area (Å²) in [5.74, 6) is 0. The first-order valence-electron chi connectivity index (χ1n) is 7.63. The molecular formula is C16H34CoN4-2. The van der Waals surface area contributed by atoms with Gasteiger partial charge in [-0.1, -0.05) is 27.7 Å². The molecule has 0 atom stereocenters. The van der Waals surface area contributed by atoms with Crippen LogP contribution in [0.3, 0.4) is 0 Å². The van der Waals surface area contributed by atoms with Crippen LogP contribution in [0.4, 0.5) is 0 Å². The second-order valence-electron chi connectivity index (χ2n) is 5.78. The summed E-state index contributed by atoms with van der Waals surface area (Å²) in [4.78, 5) is 8.24. The van der Waals surface area contributed by atoms with Gasteiger partial charge in [-0.05, 0) is 27.7 Å². The summed E-state index contributed by atoms with van der Waals surface area (Å²) in [5, 5.41) is 8.61. The summed E-state index contributed by atoms with van der Waals surface area (Å²) in [7, 11) is 0. The van der Waals surface area contributed by atoms with Crippen molar-refractivity contribution in [2.75, 3.05) is 13.1 Å². The summed E-state index contributed by atoms with van der Waals surface area (Å²) < 4.78 is 0. The maximum absolute atomic E-state index is 4.30. The molecule has 0 aromatic rings. The van der Waals surface area contributed by atoms with E-state index in [1.165, 1.54) is 0 Å². The number of rotatable bonds is 8. The average molecular weight is 341 g/mol. The third-order valence-corrected chi connectivity index (χ3v) is 1.92. The minimum atomic E-state index is 0. The van der Waals surface area contributed by atoms with Gasteiger partial charge in [0, 0.05) is 41.3 Å². The largest absolute Gasteiger partial charge is 0.661 e. The Morgan fingerprint density at radius 2 is 0.952 bits per heavy atom. The normalized spacial score (nSPS) is 11.6. The van der Waals surface area contributed by atoms with E-state index >= 15 is 0 Å². The van der Waals surface area contributed by atoms with E-state index in [0.717, 1.165) is 13.1 Å². The fraction of sp³-hybridized carbons (Fsp3) is 0.875. The fourth-order valence-electron chi connectivity index (χ4n) is 1.05. The molecule has 0 aliphatic heterocycles. The van der Waals surface area contributed by atoms with Crippen LogP contribution in [0.1, 0.15) is 55.4 Å². The molecule has 0 N–H and O–H groups in total. The Balaban J connectivity index is -0.000000295. The van der Waals surface area contributed by atoms with Crippen molar-refractivity contribution in [3.8, 4) is 0 Å². The van der Waals surface area contributed by atoms with Crippen LogP contribution in [-0.2, 0) is 16.8 Å². The molecule has 0 saturated carbocycles. The van der Waals surface area contributed by atoms with E-state index in [2.05, 4.69) is 48.3 Å². The third kappa shape index (κ3) is 32.9. The van der Waals surface area contributed by atoms with E-state index in [4.69, 9.17) is 0 Å². The van der Waals surface area contributed by atoms with Crippen LogP contribution in [0.5, 0.6) is 0 Å². The van der Waals surface area contributed by atoms with Crippen LogP contribution in [0.2, 0.25) is 0 Å². The zero-order valence-corrected chi connectivity index (χ0v) is 16.0. The van der Waals surface area contributed by atoms with E-state index in [9.17, 15) is 0 Å². The molecular weight excluding hydrogens is 307 g/mol. The van der Waals surface area contributed by atoms with Gasteiger partial charge < -0.3 is 10.6 Å². The molecule has 0 amide bonds. The molecule has 0 saturated heterocycles. The van der Waals surface area contributed by atoms with Gasteiger partial charge in [-0.3, -0.25) is 9.98 Å². The van der Waals surface area contributed by atoms with E-state index < -0.39 is 0 Å². The van der Waals surface area contributed by atoms with Gasteiger partial charge in [-0.25, -0.2) is 0 Å². The van der Waals surface area contributed by atoms with E-state index in [1.54, 1.807) is 12.4 Å². The van der Waals surface area contributed by atoms with Gasteiger partial charge in [-0.15, -0.1) is 12.1 Å². The number of hydrogen-bond donors (Lipinski definition) is 0. The Morgan fingerprint density at radius 3 is 1.14 bits per heavy atom. The van der Waals surface area contributed by atoms with Crippen molar-refractivity contribution in [3.63, 3.8) is 0 Å². The van der Waals surface area contributed by atoms with Gasteiger partial charge in [0.2, 0.25) is 0 Å². The topological polar surface area (TPSA) is 52.9 Å². The van der Waals surface area contributed by atoms with Crippen LogP contribution in [0.25, 0.3) is 10.6 Å². The minimum Gasteiger partial charge on any atom is -0.661 e. The Morgan fingerprint density at radius 1 is 0.667 bits per heavy atom. The molecule has 0 aliphatic carbocycles. The number of nitrogens with zero attached hydrogens (tertiary/aromatic N) is 4. The van der Waals surface area contributed by atoms with E-state index in [1.807, 2.05) is 27.7 Å². The van der Waals surface area contributed by atoms with Gasteiger partial charge in [-0.2, -0.15) is 13.1 Å². The fourth-order valence-corrected chi connectivity index (χ4v) is 1.05. The Kier molecular flexibility index (Phi) is 21.8. The molecule has 0 rings (SSSR count). The van der Waals surface area contributed by atoms with Crippen molar-refractivity contribution >= 4 is 12.4 Å². The van der Waals surface area contributed by atoms with Crippen LogP contribution >= 0.6 is 0 Å². The molecule has 0 heterocycles. The van der Waals surface area contributed by atoms with Crippen molar-refractivity contribution in [2.24, 2.45) is 9.98 Å². The first kappa shape index (κ1) is 25.7. The number of hydrogen-bond acceptors (Lipinski definition) is 2. The Hall–Kier alpha value is -0.234. The van der Waals surface area contributed by atoms with Crippen LogP contribution in [-0.4, -0.2) is 49.7 Å². The summed E-state index contributed by atoms with van der Waals surface area (Å²) >= 11 is 0. The first-order valence-corrected chi connectivity index (χ1v) is 7.63. The van der Waals surface area contributed by atoms with E-state index in [-0.39, 0.29) is 16.8 Å². The van der Waals surface area contributed by atoms with Gasteiger partial charge in [0.15, 0.2) is 0 Å². The van der Waals surface area contributed by atoms with Crippen molar-refractivity contribution in [1.82, 2.24) is 0 Å². The third-order valence-electron chi connectivity index (χ3n) is 1.92. The summed E-state index contributed by atoms with van der Waals surface area (Å²) in [6.45, 7) is 18.3. The molecule has 0 bridgehead atoms. The smallest absolute Gasteiger partial charge is 0.0443 e. The van der Waals surface area contributed by atoms with Crippen molar-refractivity contribution < 1.29 is 16.8 Å². The molecule has 129 valence electrons. The SMILES string of the molecule is CC(C)N=CC=NC(C)C.CC(C)[N-]CC[N-]C(C)C.[Co]. The molecule has 0 fully saturated rings. The standard InChI is InChI=1S/C8H18N2.C8H16N2.Co/c2*1-7(2)9-5-6-10-8(3)4;/h7-8H,5-6H2,1-4H3;5-8H,1-4H3;/q-2;;. The maximum atomic E-state index is 4.30. The summed E-state index contributed by atoms with van der Waals surface area (Å²) in [5.41, 5.74) is 0. The van der Waals surface area contributed by atoms with Gasteiger partial charge in [0.05, 0.1) is 0 Å². The molecule has 0 spiro atoms. The Bertz CT molecular complexity index is 223. The van der Waals surface area contributed by atoms with Gasteiger partial charge >= 0.3 is 0 Å². The monoisotopic (exact) mass is 341 g/mol. The van der Waals surface area contributed by atoms with Crippen LogP contribution < -0.4 is 0 Å². The van der Waals surface area contributed by atoms with Gasteiger partial charge in [0.25, 0.3) is 0 Å². The first-order chi connectivity index (χ1) is 9.25. The predicted molar refractivity (Wildman–Crippen MR) is 94.0 cm³/mol. The summed E-state index contributed by atoms with van der Waals surface area (Å²) in [6.07, 6.45) is 3.51. The minimum absolute atomic E-state index is 0. The molecule has 0 aliphatic rings. The maximum Gasteiger partial charge on any atom is 0.0443 e. The van der Waals surface area contributed by atoms with E-state index in [0.29, 0.717) is 24.2 Å². The molecule has 4 nitrogen and oxygen atoms in total. The molecule has 1 radical (unpaired) electrons. The molecule has 0 aromatic heterocycles. The average Bonchev–Trinajstić information content (AvgIpc) is 2.30. The molecule has 0 unspecified atom stereocenters. The van der Waals surface area contributed by atoms with Crippen LogP contribution in [0.15, 0.2) is 9.98 Å². The molecule has 5 heteroatoms. The van der Waals surface area contributed by atoms with Crippen LogP contribution in [0, 0.1) is 0 Å². The predicted octanol–water partition coefficient (Wildman–Crippen LogP) is 4.49. The van der Waals surface area contributed by atoms with Crippen molar-refractivity contribution in [3.05, 3.63) is 10.6 Å². The van der Waals surface area contributed by atoms with Crippen molar-refractivity contribution in [1.29, 1.82) is 0 Å². The molecule has 0 aromatic carbocycles. The number of aliphatic imine (C=N–C) groups is 2. The van der Waals surface area contributed by atoms with Gasteiger partial charge in [0.1, 0.15) is 0 Å². The quantitative estimate of drug-likeness (QED) is 0.461.